The molecule has 3 atom stereocenters. The van der Waals surface area contributed by atoms with Gasteiger partial charge in [0.25, 0.3) is 0 Å². The minimum Gasteiger partial charge on any atom is -0.468 e. The first kappa shape index (κ1) is 18.4. The summed E-state index contributed by atoms with van der Waals surface area (Å²) in [6.45, 7) is 7.73. The summed E-state index contributed by atoms with van der Waals surface area (Å²) in [6.07, 6.45) is 0.866. The number of carbonyl (C=O) groups is 1. The molecule has 25 heavy (non-hydrogen) atoms. The maximum Gasteiger partial charge on any atom is 0.319 e. The molecule has 4 heterocycles. The van der Waals surface area contributed by atoms with Crippen molar-refractivity contribution >= 4 is 25.4 Å². The molecule has 0 spiro atoms. The molecule has 0 aromatic rings. The van der Waals surface area contributed by atoms with E-state index in [1.807, 2.05) is 0 Å². The minimum atomic E-state index is -1.77. The van der Waals surface area contributed by atoms with E-state index in [-0.39, 0.29) is 11.2 Å². The average Bonchev–Trinajstić information content (AvgIpc) is 3.13. The molecule has 0 bridgehead atoms. The number of nitrogens with one attached hydrogen (secondary N) is 2. The zero-order valence-corrected chi connectivity index (χ0v) is 16.4. The molecule has 10 heteroatoms. The molecule has 4 aliphatic heterocycles. The first-order valence-corrected chi connectivity index (χ1v) is 11.7. The largest absolute Gasteiger partial charge is 0.468 e. The van der Waals surface area contributed by atoms with E-state index in [1.54, 1.807) is 11.8 Å². The summed E-state index contributed by atoms with van der Waals surface area (Å²) in [5.41, 5.74) is 0.409. The van der Waals surface area contributed by atoms with Crippen molar-refractivity contribution in [3.05, 3.63) is 0 Å². The Hall–Kier alpha value is 0.01000. The number of esters is 1. The van der Waals surface area contributed by atoms with Crippen LogP contribution in [0.25, 0.3) is 0 Å². The third-order valence-corrected chi connectivity index (χ3v) is 11.8. The van der Waals surface area contributed by atoms with E-state index in [0.717, 1.165) is 65.7 Å². The van der Waals surface area contributed by atoms with E-state index in [4.69, 9.17) is 14.2 Å². The maximum atomic E-state index is 12.2. The fourth-order valence-corrected chi connectivity index (χ4v) is 11.3. The second-order valence-corrected chi connectivity index (χ2v) is 11.5. The molecule has 0 aromatic carbocycles. The Kier molecular flexibility index (Phi) is 5.84. The molecule has 0 saturated carbocycles. The van der Waals surface area contributed by atoms with E-state index < -0.39 is 7.71 Å². The number of rotatable bonds is 3. The molecule has 142 valence electrons. The molecule has 4 aliphatic rings. The van der Waals surface area contributed by atoms with Crippen LogP contribution in [0.4, 0.5) is 0 Å². The summed E-state index contributed by atoms with van der Waals surface area (Å²) in [5, 5.41) is 7.70. The summed E-state index contributed by atoms with van der Waals surface area (Å²) in [6, 6.07) is 0. The number of hydrogen-bond donors (Lipinski definition) is 2. The van der Waals surface area contributed by atoms with Crippen molar-refractivity contribution in [3.63, 3.8) is 0 Å². The van der Waals surface area contributed by atoms with E-state index >= 15 is 0 Å². The average molecular weight is 391 g/mol. The van der Waals surface area contributed by atoms with Gasteiger partial charge in [-0.1, -0.05) is 0 Å². The normalized spacial score (nSPS) is 36.8. The fourth-order valence-electron chi connectivity index (χ4n) is 4.36. The standard InChI is InChI=1S/C15H28N4O4PS/c1-21-15(20)13-10-12-14(25-13)16-11-17-24(12,18-2-6-22-7-3-18)19-4-8-23-9-5-19/h12-14,16-17H,2-11H2,1H3/q+1. The molecular weight excluding hydrogens is 363 g/mol. The predicted octanol–water partition coefficient (Wildman–Crippen LogP) is -0.0631. The second-order valence-electron chi connectivity index (χ2n) is 6.69. The second kappa shape index (κ2) is 7.94. The summed E-state index contributed by atoms with van der Waals surface area (Å²) >= 11 is 1.74. The Labute approximate surface area is 153 Å². The number of hydrogen-bond acceptors (Lipinski definition) is 9. The first-order valence-electron chi connectivity index (χ1n) is 9.02. The van der Waals surface area contributed by atoms with Gasteiger partial charge in [-0.3, -0.25) is 10.1 Å². The van der Waals surface area contributed by atoms with Crippen LogP contribution in [0, 0.1) is 0 Å². The van der Waals surface area contributed by atoms with Gasteiger partial charge in [0.15, 0.2) is 0 Å². The van der Waals surface area contributed by atoms with Crippen LogP contribution in [-0.4, -0.2) is 98.0 Å². The van der Waals surface area contributed by atoms with Crippen molar-refractivity contribution in [3.8, 4) is 0 Å². The van der Waals surface area contributed by atoms with Crippen LogP contribution in [0.15, 0.2) is 0 Å². The van der Waals surface area contributed by atoms with E-state index in [2.05, 4.69) is 19.7 Å². The first-order chi connectivity index (χ1) is 12.3. The van der Waals surface area contributed by atoms with Gasteiger partial charge in [0, 0.05) is 6.42 Å². The number of morpholine rings is 2. The van der Waals surface area contributed by atoms with Crippen LogP contribution in [0.2, 0.25) is 0 Å². The molecule has 0 amide bonds. The highest BCUT2D eigenvalue weighted by Gasteiger charge is 2.65. The number of methoxy groups -OCH3 is 1. The summed E-state index contributed by atoms with van der Waals surface area (Å²) in [5.74, 6) is -0.0942. The summed E-state index contributed by atoms with van der Waals surface area (Å²) in [7, 11) is -0.278. The summed E-state index contributed by atoms with van der Waals surface area (Å²) in [4.78, 5) is 12.2. The molecule has 4 fully saturated rings. The maximum absolute atomic E-state index is 12.2. The Bertz CT molecular complexity index is 472. The van der Waals surface area contributed by atoms with Crippen molar-refractivity contribution in [2.75, 3.05) is 66.4 Å². The van der Waals surface area contributed by atoms with E-state index in [9.17, 15) is 4.79 Å². The van der Waals surface area contributed by atoms with Gasteiger partial charge in [-0.15, -0.1) is 26.2 Å². The Morgan fingerprint density at radius 2 is 1.72 bits per heavy atom. The van der Waals surface area contributed by atoms with Gasteiger partial charge >= 0.3 is 5.97 Å². The molecule has 4 saturated heterocycles. The Balaban J connectivity index is 1.64. The number of carbonyl (C=O) groups excluding carboxylic acids is 1. The molecular formula is C15H28N4O4PS+. The van der Waals surface area contributed by atoms with Crippen LogP contribution in [0.3, 0.4) is 0 Å². The topological polar surface area (TPSA) is 75.3 Å². The predicted molar refractivity (Wildman–Crippen MR) is 98.4 cm³/mol. The van der Waals surface area contributed by atoms with Gasteiger partial charge in [-0.25, -0.2) is 0 Å². The number of thioether (sulfide) groups is 1. The SMILES string of the molecule is COC(=O)C1CC2C(NCN[P+]2(N2CCOCC2)N2CCOCC2)S1. The van der Waals surface area contributed by atoms with Crippen LogP contribution in [0.1, 0.15) is 6.42 Å². The van der Waals surface area contributed by atoms with Gasteiger partial charge in [0.2, 0.25) is 7.71 Å². The zero-order chi connectivity index (χ0) is 17.3. The lowest BCUT2D eigenvalue weighted by Gasteiger charge is -2.50. The van der Waals surface area contributed by atoms with Crippen LogP contribution in [-0.2, 0) is 19.0 Å². The lowest BCUT2D eigenvalue weighted by molar-refractivity contribution is -0.139. The fraction of sp³-hybridized carbons (Fsp3) is 0.933. The van der Waals surface area contributed by atoms with Crippen LogP contribution in [0.5, 0.6) is 0 Å². The van der Waals surface area contributed by atoms with Crippen LogP contribution < -0.4 is 10.4 Å². The number of ether oxygens (including phenoxy) is 3. The van der Waals surface area contributed by atoms with Crippen molar-refractivity contribution in [1.82, 2.24) is 19.7 Å². The molecule has 3 unspecified atom stereocenters. The monoisotopic (exact) mass is 391 g/mol. The van der Waals surface area contributed by atoms with E-state index in [1.165, 1.54) is 7.11 Å². The smallest absolute Gasteiger partial charge is 0.319 e. The highest BCUT2D eigenvalue weighted by atomic mass is 32.2. The number of fused-ring (bicyclic) bond motifs is 1. The van der Waals surface area contributed by atoms with Gasteiger partial charge in [0.05, 0.1) is 71.8 Å². The van der Waals surface area contributed by atoms with Gasteiger partial charge in [-0.2, -0.15) is 0 Å². The lowest BCUT2D eigenvalue weighted by Crippen LogP contribution is -2.61. The molecule has 2 N–H and O–H groups in total. The highest BCUT2D eigenvalue weighted by Crippen LogP contribution is 2.71. The lowest BCUT2D eigenvalue weighted by atomic mass is 10.2. The van der Waals surface area contributed by atoms with Crippen molar-refractivity contribution in [1.29, 1.82) is 0 Å². The molecule has 0 aromatic heterocycles. The van der Waals surface area contributed by atoms with Crippen molar-refractivity contribution < 1.29 is 19.0 Å². The Morgan fingerprint density at radius 3 is 2.28 bits per heavy atom. The molecule has 0 radical (unpaired) electrons. The van der Waals surface area contributed by atoms with Gasteiger partial charge in [0.1, 0.15) is 10.9 Å². The third kappa shape index (κ3) is 3.34. The van der Waals surface area contributed by atoms with Crippen molar-refractivity contribution in [2.24, 2.45) is 0 Å². The van der Waals surface area contributed by atoms with Gasteiger partial charge in [-0.05, 0) is 0 Å². The van der Waals surface area contributed by atoms with Crippen molar-refractivity contribution in [2.45, 2.75) is 22.7 Å². The molecule has 8 nitrogen and oxygen atoms in total. The zero-order valence-electron chi connectivity index (χ0n) is 14.7. The molecule has 4 rings (SSSR count). The third-order valence-electron chi connectivity index (χ3n) is 5.49. The number of nitrogens with zero attached hydrogens (tertiary/aromatic N) is 2. The summed E-state index contributed by atoms with van der Waals surface area (Å²) < 4.78 is 21.6. The minimum absolute atomic E-state index is 0.0751. The van der Waals surface area contributed by atoms with Crippen LogP contribution >= 0.6 is 19.5 Å². The highest BCUT2D eigenvalue weighted by molar-refractivity contribution is 8.02. The molecule has 0 aliphatic carbocycles. The van der Waals surface area contributed by atoms with Gasteiger partial charge < -0.3 is 14.2 Å². The Morgan fingerprint density at radius 1 is 1.12 bits per heavy atom. The quantitative estimate of drug-likeness (QED) is 0.508. The van der Waals surface area contributed by atoms with E-state index in [0.29, 0.717) is 11.0 Å².